The Hall–Kier alpha value is -1.37. The maximum Gasteiger partial charge on any atom is 0.410 e. The summed E-state index contributed by atoms with van der Waals surface area (Å²) >= 11 is 6.29. The summed E-state index contributed by atoms with van der Waals surface area (Å²) in [5.41, 5.74) is 0.772. The van der Waals surface area contributed by atoms with Crippen molar-refractivity contribution in [3.05, 3.63) is 28.5 Å². The predicted octanol–water partition coefficient (Wildman–Crippen LogP) is 2.88. The summed E-state index contributed by atoms with van der Waals surface area (Å²) in [6.07, 6.45) is 1.80. The molecule has 0 spiro atoms. The molecule has 2 rings (SSSR count). The van der Waals surface area contributed by atoms with Crippen LogP contribution in [0.3, 0.4) is 0 Å². The van der Waals surface area contributed by atoms with Crippen molar-refractivity contribution in [3.8, 4) is 0 Å². The van der Waals surface area contributed by atoms with Crippen LogP contribution in [0.2, 0.25) is 5.02 Å². The van der Waals surface area contributed by atoms with Crippen LogP contribution in [0.4, 0.5) is 4.79 Å². The summed E-state index contributed by atoms with van der Waals surface area (Å²) < 4.78 is 5.39. The van der Waals surface area contributed by atoms with E-state index in [-0.39, 0.29) is 18.6 Å². The standard InChI is InChI=1S/C17H25ClN2O4/c1-17(2,3)24-16(23)20-6-4-11(5-7-20)15-13(18)8-12(9-19-15)14(22)10-21/h8-9,11,14,21-22H,4-7,10H2,1-3H3/t14-/m1/s1. The monoisotopic (exact) mass is 356 g/mol. The zero-order chi connectivity index (χ0) is 17.9. The van der Waals surface area contributed by atoms with E-state index >= 15 is 0 Å². The number of piperidine rings is 1. The van der Waals surface area contributed by atoms with Gasteiger partial charge in [-0.25, -0.2) is 4.79 Å². The second-order valence-corrected chi connectivity index (χ2v) is 7.48. The molecular formula is C17H25ClN2O4. The summed E-state index contributed by atoms with van der Waals surface area (Å²) in [5.74, 6) is 0.163. The summed E-state index contributed by atoms with van der Waals surface area (Å²) in [4.78, 5) is 18.2. The fourth-order valence-corrected chi connectivity index (χ4v) is 3.04. The lowest BCUT2D eigenvalue weighted by molar-refractivity contribution is 0.0204. The van der Waals surface area contributed by atoms with Gasteiger partial charge in [-0.3, -0.25) is 4.98 Å². The van der Waals surface area contributed by atoms with Gasteiger partial charge < -0.3 is 19.8 Å². The Kier molecular flexibility index (Phi) is 6.06. The number of hydrogen-bond donors (Lipinski definition) is 2. The second kappa shape index (κ2) is 7.68. The molecule has 0 unspecified atom stereocenters. The van der Waals surface area contributed by atoms with E-state index < -0.39 is 11.7 Å². The first-order chi connectivity index (χ1) is 11.2. The molecule has 1 atom stereocenters. The Balaban J connectivity index is 1.98. The molecule has 2 N–H and O–H groups in total. The van der Waals surface area contributed by atoms with E-state index in [0.717, 1.165) is 18.5 Å². The van der Waals surface area contributed by atoms with Crippen LogP contribution in [0.1, 0.15) is 56.9 Å². The number of halogens is 1. The van der Waals surface area contributed by atoms with E-state index in [1.54, 1.807) is 17.2 Å². The molecule has 1 saturated heterocycles. The van der Waals surface area contributed by atoms with Crippen LogP contribution in [0, 0.1) is 0 Å². The van der Waals surface area contributed by atoms with Gasteiger partial charge in [0.1, 0.15) is 11.7 Å². The molecule has 1 aromatic rings. The predicted molar refractivity (Wildman–Crippen MR) is 91.1 cm³/mol. The van der Waals surface area contributed by atoms with Crippen molar-refractivity contribution in [2.75, 3.05) is 19.7 Å². The van der Waals surface area contributed by atoms with Crippen molar-refractivity contribution in [2.45, 2.75) is 51.2 Å². The minimum absolute atomic E-state index is 0.163. The van der Waals surface area contributed by atoms with Gasteiger partial charge in [0.05, 0.1) is 17.3 Å². The van der Waals surface area contributed by atoms with E-state index in [4.69, 9.17) is 21.4 Å². The zero-order valence-corrected chi connectivity index (χ0v) is 15.1. The lowest BCUT2D eigenvalue weighted by Gasteiger charge is -2.33. The molecule has 7 heteroatoms. The first-order valence-electron chi connectivity index (χ1n) is 8.13. The largest absolute Gasteiger partial charge is 0.444 e. The molecule has 1 aromatic heterocycles. The van der Waals surface area contributed by atoms with E-state index in [2.05, 4.69) is 4.98 Å². The number of carbonyl (C=O) groups is 1. The third-order valence-corrected chi connectivity index (χ3v) is 4.28. The van der Waals surface area contributed by atoms with Crippen LogP contribution in [0.5, 0.6) is 0 Å². The van der Waals surface area contributed by atoms with Crippen LogP contribution in [0.15, 0.2) is 12.3 Å². The first-order valence-corrected chi connectivity index (χ1v) is 8.51. The summed E-state index contributed by atoms with van der Waals surface area (Å²) in [7, 11) is 0. The summed E-state index contributed by atoms with van der Waals surface area (Å²) in [5, 5.41) is 19.1. The van der Waals surface area contributed by atoms with E-state index in [1.807, 2.05) is 20.8 Å². The van der Waals surface area contributed by atoms with Gasteiger partial charge in [0.15, 0.2) is 0 Å². The number of amides is 1. The van der Waals surface area contributed by atoms with Crippen molar-refractivity contribution in [1.29, 1.82) is 0 Å². The van der Waals surface area contributed by atoms with E-state index in [1.165, 1.54) is 0 Å². The van der Waals surface area contributed by atoms with Crippen LogP contribution in [0.25, 0.3) is 0 Å². The van der Waals surface area contributed by atoms with Gasteiger partial charge in [-0.05, 0) is 39.7 Å². The molecule has 2 heterocycles. The molecule has 0 aromatic carbocycles. The van der Waals surface area contributed by atoms with Crippen molar-refractivity contribution in [1.82, 2.24) is 9.88 Å². The van der Waals surface area contributed by atoms with E-state index in [0.29, 0.717) is 23.7 Å². The number of aliphatic hydroxyl groups excluding tert-OH is 2. The van der Waals surface area contributed by atoms with Crippen LogP contribution in [-0.2, 0) is 4.74 Å². The minimum Gasteiger partial charge on any atom is -0.444 e. The molecule has 6 nitrogen and oxygen atoms in total. The van der Waals surface area contributed by atoms with Gasteiger partial charge in [-0.2, -0.15) is 0 Å². The van der Waals surface area contributed by atoms with Gasteiger partial charge in [-0.15, -0.1) is 0 Å². The Labute approximate surface area is 147 Å². The second-order valence-electron chi connectivity index (χ2n) is 7.08. The third-order valence-electron chi connectivity index (χ3n) is 3.98. The first kappa shape index (κ1) is 19.0. The molecule has 1 fully saturated rings. The van der Waals surface area contributed by atoms with Gasteiger partial charge in [0.2, 0.25) is 0 Å². The van der Waals surface area contributed by atoms with Crippen molar-refractivity contribution in [3.63, 3.8) is 0 Å². The Morgan fingerprint density at radius 1 is 1.46 bits per heavy atom. The van der Waals surface area contributed by atoms with Crippen molar-refractivity contribution < 1.29 is 19.7 Å². The number of hydrogen-bond acceptors (Lipinski definition) is 5. The number of nitrogens with zero attached hydrogens (tertiary/aromatic N) is 2. The van der Waals surface area contributed by atoms with Crippen LogP contribution >= 0.6 is 11.6 Å². The highest BCUT2D eigenvalue weighted by molar-refractivity contribution is 6.31. The fraction of sp³-hybridized carbons (Fsp3) is 0.647. The molecule has 0 aliphatic carbocycles. The molecule has 1 amide bonds. The molecule has 0 saturated carbocycles. The number of likely N-dealkylation sites (tertiary alicyclic amines) is 1. The molecule has 134 valence electrons. The Morgan fingerprint density at radius 3 is 2.58 bits per heavy atom. The van der Waals surface area contributed by atoms with Crippen molar-refractivity contribution >= 4 is 17.7 Å². The van der Waals surface area contributed by atoms with Gasteiger partial charge in [-0.1, -0.05) is 11.6 Å². The van der Waals surface area contributed by atoms with Crippen molar-refractivity contribution in [2.24, 2.45) is 0 Å². The van der Waals surface area contributed by atoms with Gasteiger partial charge in [0, 0.05) is 30.8 Å². The Bertz CT molecular complexity index is 580. The summed E-state index contributed by atoms with van der Waals surface area (Å²) in [6, 6.07) is 1.64. The average molecular weight is 357 g/mol. The highest BCUT2D eigenvalue weighted by atomic mass is 35.5. The lowest BCUT2D eigenvalue weighted by atomic mass is 9.92. The summed E-state index contributed by atoms with van der Waals surface area (Å²) in [6.45, 7) is 6.37. The number of pyridine rings is 1. The lowest BCUT2D eigenvalue weighted by Crippen LogP contribution is -2.41. The van der Waals surface area contributed by atoms with Crippen LogP contribution < -0.4 is 0 Å². The highest BCUT2D eigenvalue weighted by Crippen LogP contribution is 2.33. The third kappa shape index (κ3) is 4.82. The number of ether oxygens (including phenoxy) is 1. The topological polar surface area (TPSA) is 82.9 Å². The minimum atomic E-state index is -0.974. The maximum absolute atomic E-state index is 12.1. The quantitative estimate of drug-likeness (QED) is 0.870. The average Bonchev–Trinajstić information content (AvgIpc) is 2.52. The smallest absolute Gasteiger partial charge is 0.410 e. The molecule has 0 radical (unpaired) electrons. The Morgan fingerprint density at radius 2 is 2.08 bits per heavy atom. The molecule has 1 aliphatic heterocycles. The van der Waals surface area contributed by atoms with E-state index in [9.17, 15) is 9.90 Å². The molecule has 1 aliphatic rings. The number of aliphatic hydroxyl groups is 2. The zero-order valence-electron chi connectivity index (χ0n) is 14.3. The fourth-order valence-electron chi connectivity index (χ4n) is 2.71. The number of aromatic nitrogens is 1. The number of carbonyl (C=O) groups excluding carboxylic acids is 1. The van der Waals surface area contributed by atoms with Crippen LogP contribution in [-0.4, -0.2) is 51.5 Å². The molecule has 0 bridgehead atoms. The number of rotatable bonds is 3. The normalized spacial score (nSPS) is 17.7. The highest BCUT2D eigenvalue weighted by Gasteiger charge is 2.29. The molecular weight excluding hydrogens is 332 g/mol. The van der Waals surface area contributed by atoms with Gasteiger partial charge in [0.25, 0.3) is 0 Å². The molecule has 24 heavy (non-hydrogen) atoms. The van der Waals surface area contributed by atoms with Gasteiger partial charge >= 0.3 is 6.09 Å². The SMILES string of the molecule is CC(C)(C)OC(=O)N1CCC(c2ncc([C@H](O)CO)cc2Cl)CC1. The maximum atomic E-state index is 12.1.